The summed E-state index contributed by atoms with van der Waals surface area (Å²) in [4.78, 5) is 0. The van der Waals surface area contributed by atoms with Crippen LogP contribution in [0.3, 0.4) is 0 Å². The molecule has 21 heavy (non-hydrogen) atoms. The highest BCUT2D eigenvalue weighted by molar-refractivity contribution is 9.10. The number of hydrogen-bond donors (Lipinski definition) is 1. The summed E-state index contributed by atoms with van der Waals surface area (Å²) in [7, 11) is 0. The number of rotatable bonds is 4. The minimum Gasteiger partial charge on any atom is -0.322 e. The minimum atomic E-state index is -0.0667. The van der Waals surface area contributed by atoms with Gasteiger partial charge in [0.05, 0.1) is 22.4 Å². The molecule has 3 nitrogen and oxygen atoms in total. The first-order valence-electron chi connectivity index (χ1n) is 7.13. The molecule has 4 heteroatoms. The van der Waals surface area contributed by atoms with E-state index in [1.165, 1.54) is 16.3 Å². The van der Waals surface area contributed by atoms with E-state index in [9.17, 15) is 0 Å². The largest absolute Gasteiger partial charge is 0.322 e. The lowest BCUT2D eigenvalue weighted by atomic mass is 10.0. The van der Waals surface area contributed by atoms with E-state index in [1.54, 1.807) is 0 Å². The highest BCUT2D eigenvalue weighted by Gasteiger charge is 2.16. The molecule has 1 heterocycles. The molecule has 0 aliphatic heterocycles. The van der Waals surface area contributed by atoms with Gasteiger partial charge in [-0.15, -0.1) is 0 Å². The lowest BCUT2D eigenvalue weighted by Crippen LogP contribution is -2.18. The van der Waals surface area contributed by atoms with Crippen molar-refractivity contribution in [1.82, 2.24) is 9.78 Å². The molecule has 108 valence electrons. The third-order valence-electron chi connectivity index (χ3n) is 3.75. The van der Waals surface area contributed by atoms with Crippen LogP contribution in [0.4, 0.5) is 0 Å². The molecule has 3 rings (SSSR count). The van der Waals surface area contributed by atoms with Crippen molar-refractivity contribution in [2.75, 3.05) is 0 Å². The Kier molecular flexibility index (Phi) is 4.08. The van der Waals surface area contributed by atoms with Gasteiger partial charge in [-0.05, 0) is 45.6 Å². The maximum atomic E-state index is 6.40. The third kappa shape index (κ3) is 2.87. The molecule has 2 N–H and O–H groups in total. The Bertz CT molecular complexity index is 764. The predicted octanol–water partition coefficient (Wildman–Crippen LogP) is 4.06. The average molecular weight is 344 g/mol. The molecule has 0 radical (unpaired) electrons. The lowest BCUT2D eigenvalue weighted by molar-refractivity contribution is 0.567. The van der Waals surface area contributed by atoms with Gasteiger partial charge in [0.15, 0.2) is 0 Å². The molecule has 0 amide bonds. The molecule has 1 atom stereocenters. The zero-order chi connectivity index (χ0) is 14.8. The average Bonchev–Trinajstić information content (AvgIpc) is 2.88. The van der Waals surface area contributed by atoms with Crippen molar-refractivity contribution >= 4 is 26.7 Å². The van der Waals surface area contributed by atoms with Gasteiger partial charge in [0.1, 0.15) is 0 Å². The van der Waals surface area contributed by atoms with Crippen molar-refractivity contribution in [2.45, 2.75) is 25.9 Å². The summed E-state index contributed by atoms with van der Waals surface area (Å²) < 4.78 is 2.94. The number of aromatic nitrogens is 2. The first-order valence-corrected chi connectivity index (χ1v) is 7.92. The molecule has 1 unspecified atom stereocenters. The number of aryl methyl sites for hydroxylation is 1. The molecule has 3 aromatic rings. The molecule has 0 saturated carbocycles. The molecule has 0 fully saturated rings. The van der Waals surface area contributed by atoms with Crippen molar-refractivity contribution in [3.05, 3.63) is 64.4 Å². The Morgan fingerprint density at radius 2 is 1.95 bits per heavy atom. The Hall–Kier alpha value is -1.65. The topological polar surface area (TPSA) is 43.8 Å². The van der Waals surface area contributed by atoms with Crippen LogP contribution in [-0.2, 0) is 13.0 Å². The van der Waals surface area contributed by atoms with Crippen LogP contribution >= 0.6 is 15.9 Å². The molecular weight excluding hydrogens is 326 g/mol. The zero-order valence-electron chi connectivity index (χ0n) is 12.0. The first-order chi connectivity index (χ1) is 10.2. The van der Waals surface area contributed by atoms with E-state index in [4.69, 9.17) is 5.73 Å². The van der Waals surface area contributed by atoms with Gasteiger partial charge in [0.25, 0.3) is 0 Å². The summed E-state index contributed by atoms with van der Waals surface area (Å²) in [5, 5.41) is 6.85. The van der Waals surface area contributed by atoms with Gasteiger partial charge < -0.3 is 5.73 Å². The highest BCUT2D eigenvalue weighted by atomic mass is 79.9. The summed E-state index contributed by atoms with van der Waals surface area (Å²) in [6, 6.07) is 14.8. The second kappa shape index (κ2) is 6.00. The first kappa shape index (κ1) is 14.3. The summed E-state index contributed by atoms with van der Waals surface area (Å²) in [6.07, 6.45) is 2.62. The van der Waals surface area contributed by atoms with Crippen molar-refractivity contribution < 1.29 is 0 Å². The van der Waals surface area contributed by atoms with Crippen LogP contribution < -0.4 is 5.73 Å². The Balaban J connectivity index is 1.88. The standard InChI is InChI=1S/C17H18BrN3/c1-2-21-17(15(18)11-20-21)16(19)10-12-7-8-13-5-3-4-6-14(13)9-12/h3-9,11,16H,2,10,19H2,1H3. The van der Waals surface area contributed by atoms with Crippen molar-refractivity contribution in [3.8, 4) is 0 Å². The maximum Gasteiger partial charge on any atom is 0.0696 e. The molecule has 0 aliphatic rings. The fourth-order valence-corrected chi connectivity index (χ4v) is 3.30. The van der Waals surface area contributed by atoms with Crippen LogP contribution in [0.25, 0.3) is 10.8 Å². The summed E-state index contributed by atoms with van der Waals surface area (Å²) in [6.45, 7) is 2.90. The quantitative estimate of drug-likeness (QED) is 0.776. The Morgan fingerprint density at radius 1 is 1.19 bits per heavy atom. The van der Waals surface area contributed by atoms with E-state index in [-0.39, 0.29) is 6.04 Å². The molecule has 0 spiro atoms. The summed E-state index contributed by atoms with van der Waals surface area (Å²) in [5.74, 6) is 0. The second-order valence-electron chi connectivity index (χ2n) is 5.19. The van der Waals surface area contributed by atoms with Crippen molar-refractivity contribution in [3.63, 3.8) is 0 Å². The minimum absolute atomic E-state index is 0.0667. The van der Waals surface area contributed by atoms with Gasteiger partial charge in [0, 0.05) is 6.54 Å². The number of halogens is 1. The smallest absolute Gasteiger partial charge is 0.0696 e. The fraction of sp³-hybridized carbons (Fsp3) is 0.235. The van der Waals surface area contributed by atoms with Crippen LogP contribution in [0.1, 0.15) is 24.2 Å². The second-order valence-corrected chi connectivity index (χ2v) is 6.04. The van der Waals surface area contributed by atoms with Gasteiger partial charge in [-0.3, -0.25) is 4.68 Å². The van der Waals surface area contributed by atoms with Gasteiger partial charge in [-0.25, -0.2) is 0 Å². The number of benzene rings is 2. The Morgan fingerprint density at radius 3 is 2.71 bits per heavy atom. The number of nitrogens with zero attached hydrogens (tertiary/aromatic N) is 2. The van der Waals surface area contributed by atoms with Crippen LogP contribution in [-0.4, -0.2) is 9.78 Å². The number of hydrogen-bond acceptors (Lipinski definition) is 2. The highest BCUT2D eigenvalue weighted by Crippen LogP contribution is 2.25. The lowest BCUT2D eigenvalue weighted by Gasteiger charge is -2.15. The number of fused-ring (bicyclic) bond motifs is 1. The van der Waals surface area contributed by atoms with Crippen LogP contribution in [0.5, 0.6) is 0 Å². The summed E-state index contributed by atoms with van der Waals surface area (Å²) >= 11 is 3.55. The zero-order valence-corrected chi connectivity index (χ0v) is 13.5. The molecule has 2 aromatic carbocycles. The van der Waals surface area contributed by atoms with E-state index in [2.05, 4.69) is 70.4 Å². The predicted molar refractivity (Wildman–Crippen MR) is 90.2 cm³/mol. The van der Waals surface area contributed by atoms with E-state index in [0.717, 1.165) is 23.1 Å². The molecule has 0 bridgehead atoms. The molecule has 0 saturated heterocycles. The van der Waals surface area contributed by atoms with Gasteiger partial charge >= 0.3 is 0 Å². The van der Waals surface area contributed by atoms with Gasteiger partial charge in [-0.1, -0.05) is 42.5 Å². The van der Waals surface area contributed by atoms with E-state index in [0.29, 0.717) is 0 Å². The maximum absolute atomic E-state index is 6.40. The molecule has 1 aromatic heterocycles. The van der Waals surface area contributed by atoms with Crippen molar-refractivity contribution in [1.29, 1.82) is 0 Å². The normalized spacial score (nSPS) is 12.7. The van der Waals surface area contributed by atoms with Crippen molar-refractivity contribution in [2.24, 2.45) is 5.73 Å². The van der Waals surface area contributed by atoms with Crippen LogP contribution in [0.2, 0.25) is 0 Å². The van der Waals surface area contributed by atoms with Crippen LogP contribution in [0, 0.1) is 0 Å². The summed E-state index contributed by atoms with van der Waals surface area (Å²) in [5.41, 5.74) is 8.71. The van der Waals surface area contributed by atoms with E-state index < -0.39 is 0 Å². The van der Waals surface area contributed by atoms with E-state index >= 15 is 0 Å². The Labute approximate surface area is 132 Å². The third-order valence-corrected chi connectivity index (χ3v) is 4.36. The SMILES string of the molecule is CCn1ncc(Br)c1C(N)Cc1ccc2ccccc2c1. The van der Waals surface area contributed by atoms with Crippen LogP contribution in [0.15, 0.2) is 53.1 Å². The van der Waals surface area contributed by atoms with E-state index in [1.807, 2.05) is 10.9 Å². The number of nitrogens with two attached hydrogens (primary N) is 1. The molecular formula is C17H18BrN3. The van der Waals surface area contributed by atoms with Gasteiger partial charge in [0.2, 0.25) is 0 Å². The fourth-order valence-electron chi connectivity index (χ4n) is 2.71. The molecule has 0 aliphatic carbocycles. The monoisotopic (exact) mass is 343 g/mol. The van der Waals surface area contributed by atoms with Gasteiger partial charge in [-0.2, -0.15) is 5.10 Å².